The Morgan fingerprint density at radius 2 is 1.91 bits per heavy atom. The number of benzene rings is 2. The third kappa shape index (κ3) is 3.99. The summed E-state index contributed by atoms with van der Waals surface area (Å²) < 4.78 is 11.1. The molecule has 23 heavy (non-hydrogen) atoms. The standard InChI is InChI=1S/C18H19NO3S/c1-23-12-14-3-2-4-15(9-14)18(20)19-11-13-5-6-16-17(10-13)22-8-7-21-16/h2-6,9-10H,7-8,11-12H2,1H3,(H,19,20). The average Bonchev–Trinajstić information content (AvgIpc) is 2.60. The molecule has 0 bridgehead atoms. The van der Waals surface area contributed by atoms with Crippen LogP contribution in [0, 0.1) is 0 Å². The molecule has 5 heteroatoms. The van der Waals surface area contributed by atoms with E-state index in [4.69, 9.17) is 9.47 Å². The first-order valence-electron chi connectivity index (χ1n) is 7.51. The van der Waals surface area contributed by atoms with E-state index in [9.17, 15) is 4.79 Å². The third-order valence-electron chi connectivity index (χ3n) is 3.56. The summed E-state index contributed by atoms with van der Waals surface area (Å²) in [5.74, 6) is 2.34. The summed E-state index contributed by atoms with van der Waals surface area (Å²) >= 11 is 1.74. The minimum atomic E-state index is -0.0668. The van der Waals surface area contributed by atoms with Gasteiger partial charge in [-0.2, -0.15) is 11.8 Å². The minimum Gasteiger partial charge on any atom is -0.486 e. The van der Waals surface area contributed by atoms with Gasteiger partial charge in [-0.25, -0.2) is 0 Å². The fraction of sp³-hybridized carbons (Fsp3) is 0.278. The second-order valence-corrected chi connectivity index (χ2v) is 6.16. The number of thioether (sulfide) groups is 1. The second kappa shape index (κ2) is 7.42. The molecule has 0 spiro atoms. The zero-order chi connectivity index (χ0) is 16.1. The van der Waals surface area contributed by atoms with Crippen LogP contribution in [0.5, 0.6) is 11.5 Å². The van der Waals surface area contributed by atoms with Gasteiger partial charge in [0.15, 0.2) is 11.5 Å². The van der Waals surface area contributed by atoms with Gasteiger partial charge in [0, 0.05) is 17.9 Å². The maximum Gasteiger partial charge on any atom is 0.251 e. The first-order chi connectivity index (χ1) is 11.3. The Hall–Kier alpha value is -2.14. The van der Waals surface area contributed by atoms with E-state index in [1.165, 1.54) is 0 Å². The molecule has 1 N–H and O–H groups in total. The summed E-state index contributed by atoms with van der Waals surface area (Å²) in [5, 5.41) is 2.95. The SMILES string of the molecule is CSCc1cccc(C(=O)NCc2ccc3c(c2)OCCO3)c1. The molecule has 0 saturated carbocycles. The molecular weight excluding hydrogens is 310 g/mol. The van der Waals surface area contributed by atoms with Gasteiger partial charge in [0.25, 0.3) is 5.91 Å². The predicted octanol–water partition coefficient (Wildman–Crippen LogP) is 3.25. The van der Waals surface area contributed by atoms with Gasteiger partial charge >= 0.3 is 0 Å². The largest absolute Gasteiger partial charge is 0.486 e. The summed E-state index contributed by atoms with van der Waals surface area (Å²) in [7, 11) is 0. The molecule has 0 aliphatic carbocycles. The topological polar surface area (TPSA) is 47.6 Å². The van der Waals surface area contributed by atoms with Crippen molar-refractivity contribution in [3.63, 3.8) is 0 Å². The van der Waals surface area contributed by atoms with Crippen LogP contribution in [0.4, 0.5) is 0 Å². The van der Waals surface area contributed by atoms with E-state index >= 15 is 0 Å². The molecule has 0 saturated heterocycles. The van der Waals surface area contributed by atoms with E-state index in [1.807, 2.05) is 42.5 Å². The lowest BCUT2D eigenvalue weighted by Crippen LogP contribution is -2.23. The lowest BCUT2D eigenvalue weighted by molar-refractivity contribution is 0.0950. The molecule has 1 aliphatic heterocycles. The van der Waals surface area contributed by atoms with Gasteiger partial charge in [-0.3, -0.25) is 4.79 Å². The predicted molar refractivity (Wildman–Crippen MR) is 92.3 cm³/mol. The summed E-state index contributed by atoms with van der Waals surface area (Å²) in [4.78, 5) is 12.3. The molecule has 1 heterocycles. The van der Waals surface area contributed by atoms with Gasteiger partial charge in [0.05, 0.1) is 0 Å². The van der Waals surface area contributed by atoms with Crippen molar-refractivity contribution in [2.24, 2.45) is 0 Å². The third-order valence-corrected chi connectivity index (χ3v) is 4.18. The molecular formula is C18H19NO3S. The molecule has 0 aromatic heterocycles. The number of hydrogen-bond acceptors (Lipinski definition) is 4. The molecule has 3 rings (SSSR count). The highest BCUT2D eigenvalue weighted by Crippen LogP contribution is 2.30. The highest BCUT2D eigenvalue weighted by molar-refractivity contribution is 7.97. The Labute approximate surface area is 140 Å². The Kier molecular flexibility index (Phi) is 5.08. The Balaban J connectivity index is 1.63. The van der Waals surface area contributed by atoms with Crippen molar-refractivity contribution < 1.29 is 14.3 Å². The van der Waals surface area contributed by atoms with Gasteiger partial charge in [-0.05, 0) is 41.6 Å². The van der Waals surface area contributed by atoms with Crippen molar-refractivity contribution in [1.82, 2.24) is 5.32 Å². The summed E-state index contributed by atoms with van der Waals surface area (Å²) in [6.45, 7) is 1.60. The lowest BCUT2D eigenvalue weighted by Gasteiger charge is -2.19. The molecule has 1 amide bonds. The number of carbonyl (C=O) groups is 1. The molecule has 0 fully saturated rings. The number of hydrogen-bond donors (Lipinski definition) is 1. The fourth-order valence-electron chi connectivity index (χ4n) is 2.45. The molecule has 0 atom stereocenters. The van der Waals surface area contributed by atoms with Crippen molar-refractivity contribution in [3.8, 4) is 11.5 Å². The summed E-state index contributed by atoms with van der Waals surface area (Å²) in [5.41, 5.74) is 2.83. The zero-order valence-electron chi connectivity index (χ0n) is 13.0. The van der Waals surface area contributed by atoms with E-state index in [1.54, 1.807) is 11.8 Å². The number of nitrogens with one attached hydrogen (secondary N) is 1. The maximum absolute atomic E-state index is 12.3. The molecule has 2 aromatic carbocycles. The number of ether oxygens (including phenoxy) is 2. The van der Waals surface area contributed by atoms with Crippen LogP contribution in [0.15, 0.2) is 42.5 Å². The zero-order valence-corrected chi connectivity index (χ0v) is 13.8. The molecule has 0 radical (unpaired) electrons. The monoisotopic (exact) mass is 329 g/mol. The summed E-state index contributed by atoms with van der Waals surface area (Å²) in [6.07, 6.45) is 2.05. The van der Waals surface area contributed by atoms with Crippen molar-refractivity contribution in [2.75, 3.05) is 19.5 Å². The van der Waals surface area contributed by atoms with Crippen LogP contribution < -0.4 is 14.8 Å². The van der Waals surface area contributed by atoms with Crippen molar-refractivity contribution in [2.45, 2.75) is 12.3 Å². The number of carbonyl (C=O) groups excluding carboxylic acids is 1. The van der Waals surface area contributed by atoms with Crippen LogP contribution in [0.1, 0.15) is 21.5 Å². The number of amides is 1. The van der Waals surface area contributed by atoms with Crippen molar-refractivity contribution in [1.29, 1.82) is 0 Å². The minimum absolute atomic E-state index is 0.0668. The van der Waals surface area contributed by atoms with Gasteiger partial charge in [0.1, 0.15) is 13.2 Å². The van der Waals surface area contributed by atoms with E-state index in [0.29, 0.717) is 25.3 Å². The highest BCUT2D eigenvalue weighted by Gasteiger charge is 2.12. The molecule has 0 unspecified atom stereocenters. The van der Waals surface area contributed by atoms with E-state index in [-0.39, 0.29) is 5.91 Å². The van der Waals surface area contributed by atoms with Crippen molar-refractivity contribution in [3.05, 3.63) is 59.2 Å². The molecule has 120 valence electrons. The molecule has 1 aliphatic rings. The molecule has 2 aromatic rings. The van der Waals surface area contributed by atoms with Crippen LogP contribution in [0.3, 0.4) is 0 Å². The fourth-order valence-corrected chi connectivity index (χ4v) is 2.96. The molecule has 4 nitrogen and oxygen atoms in total. The second-order valence-electron chi connectivity index (χ2n) is 5.29. The van der Waals surface area contributed by atoms with Crippen LogP contribution >= 0.6 is 11.8 Å². The Morgan fingerprint density at radius 1 is 1.09 bits per heavy atom. The lowest BCUT2D eigenvalue weighted by atomic mass is 10.1. The Morgan fingerprint density at radius 3 is 2.74 bits per heavy atom. The smallest absolute Gasteiger partial charge is 0.251 e. The van der Waals surface area contributed by atoms with E-state index in [2.05, 4.69) is 11.6 Å². The van der Waals surface area contributed by atoms with Crippen LogP contribution in [0.2, 0.25) is 0 Å². The number of fused-ring (bicyclic) bond motifs is 1. The van der Waals surface area contributed by atoms with Gasteiger partial charge in [0.2, 0.25) is 0 Å². The highest BCUT2D eigenvalue weighted by atomic mass is 32.2. The maximum atomic E-state index is 12.3. The first kappa shape index (κ1) is 15.7. The van der Waals surface area contributed by atoms with Gasteiger partial charge in [-0.1, -0.05) is 18.2 Å². The first-order valence-corrected chi connectivity index (χ1v) is 8.90. The average molecular weight is 329 g/mol. The van der Waals surface area contributed by atoms with Crippen LogP contribution in [-0.2, 0) is 12.3 Å². The normalized spacial score (nSPS) is 12.7. The number of rotatable bonds is 5. The van der Waals surface area contributed by atoms with E-state index < -0.39 is 0 Å². The van der Waals surface area contributed by atoms with E-state index in [0.717, 1.165) is 28.4 Å². The van der Waals surface area contributed by atoms with Gasteiger partial charge in [-0.15, -0.1) is 0 Å². The Bertz CT molecular complexity index is 702. The van der Waals surface area contributed by atoms with Crippen LogP contribution in [-0.4, -0.2) is 25.4 Å². The van der Waals surface area contributed by atoms with Crippen molar-refractivity contribution >= 4 is 17.7 Å². The van der Waals surface area contributed by atoms with Gasteiger partial charge < -0.3 is 14.8 Å². The van der Waals surface area contributed by atoms with Crippen LogP contribution in [0.25, 0.3) is 0 Å². The summed E-state index contributed by atoms with van der Waals surface area (Å²) in [6, 6.07) is 13.5. The quantitative estimate of drug-likeness (QED) is 0.915.